The Hall–Kier alpha value is -1.78. The average molecular weight is 319 g/mol. The fourth-order valence-electron chi connectivity index (χ4n) is 2.68. The maximum atomic E-state index is 12.3. The molecule has 4 nitrogen and oxygen atoms in total. The predicted molar refractivity (Wildman–Crippen MR) is 86.0 cm³/mol. The van der Waals surface area contributed by atoms with E-state index < -0.39 is 0 Å². The van der Waals surface area contributed by atoms with Crippen LogP contribution in [0.3, 0.4) is 0 Å². The van der Waals surface area contributed by atoms with Crippen LogP contribution in [0.15, 0.2) is 42.6 Å². The zero-order valence-corrected chi connectivity index (χ0v) is 13.1. The first-order valence-corrected chi connectivity index (χ1v) is 7.89. The van der Waals surface area contributed by atoms with Crippen molar-refractivity contribution in [1.82, 2.24) is 9.88 Å². The van der Waals surface area contributed by atoms with Crippen LogP contribution >= 0.6 is 11.6 Å². The van der Waals surface area contributed by atoms with Crippen LogP contribution in [0.1, 0.15) is 28.9 Å². The first-order chi connectivity index (χ1) is 10.7. The molecule has 0 atom stereocenters. The fraction of sp³-hybridized carbons (Fsp3) is 0.353. The Morgan fingerprint density at radius 3 is 2.64 bits per heavy atom. The molecule has 5 heteroatoms. The van der Waals surface area contributed by atoms with E-state index in [9.17, 15) is 4.79 Å². The van der Waals surface area contributed by atoms with Gasteiger partial charge in [0.25, 0.3) is 5.91 Å². The van der Waals surface area contributed by atoms with Crippen LogP contribution in [0.5, 0.6) is 0 Å². The van der Waals surface area contributed by atoms with Gasteiger partial charge in [-0.1, -0.05) is 41.9 Å². The summed E-state index contributed by atoms with van der Waals surface area (Å²) < 4.78 is 5.94. The largest absolute Gasteiger partial charge is 0.373 e. The van der Waals surface area contributed by atoms with Gasteiger partial charge in [-0.2, -0.15) is 0 Å². The Labute approximate surface area is 135 Å². The molecule has 22 heavy (non-hydrogen) atoms. The number of halogens is 1. The molecule has 2 heterocycles. The first kappa shape index (κ1) is 15.1. The predicted octanol–water partition coefficient (Wildman–Crippen LogP) is 3.49. The highest BCUT2D eigenvalue weighted by Gasteiger charge is 2.24. The third-order valence-corrected chi connectivity index (χ3v) is 4.15. The molecule has 1 fully saturated rings. The summed E-state index contributed by atoms with van der Waals surface area (Å²) in [6.07, 6.45) is 3.58. The van der Waals surface area contributed by atoms with Crippen molar-refractivity contribution in [3.63, 3.8) is 0 Å². The lowest BCUT2D eigenvalue weighted by atomic mass is 10.1. The number of H-pyrrole nitrogens is 1. The summed E-state index contributed by atoms with van der Waals surface area (Å²) in [4.78, 5) is 17.1. The van der Waals surface area contributed by atoms with Gasteiger partial charge >= 0.3 is 0 Å². The van der Waals surface area contributed by atoms with E-state index in [1.807, 2.05) is 23.1 Å². The van der Waals surface area contributed by atoms with Gasteiger partial charge in [0.15, 0.2) is 0 Å². The van der Waals surface area contributed by atoms with E-state index in [1.54, 1.807) is 12.3 Å². The van der Waals surface area contributed by atoms with Crippen molar-refractivity contribution in [2.75, 3.05) is 13.1 Å². The maximum absolute atomic E-state index is 12.3. The highest BCUT2D eigenvalue weighted by Crippen LogP contribution is 2.18. The molecule has 0 bridgehead atoms. The molecule has 0 aliphatic carbocycles. The molecule has 1 aliphatic heterocycles. The molecule has 1 saturated heterocycles. The number of nitrogens with zero attached hydrogens (tertiary/aromatic N) is 1. The molecular formula is C17H19ClN2O2. The van der Waals surface area contributed by atoms with Gasteiger partial charge in [-0.3, -0.25) is 4.79 Å². The van der Waals surface area contributed by atoms with Crippen molar-refractivity contribution in [3.05, 3.63) is 58.9 Å². The third kappa shape index (κ3) is 3.70. The molecule has 1 amide bonds. The molecule has 0 spiro atoms. The Balaban J connectivity index is 1.47. The number of aromatic amines is 1. The van der Waals surface area contributed by atoms with Crippen LogP contribution in [-0.4, -0.2) is 35.0 Å². The molecule has 1 aromatic carbocycles. The lowest BCUT2D eigenvalue weighted by Gasteiger charge is -2.31. The summed E-state index contributed by atoms with van der Waals surface area (Å²) in [5, 5.41) is 0.560. The molecule has 0 radical (unpaired) electrons. The summed E-state index contributed by atoms with van der Waals surface area (Å²) in [5.74, 6) is 0.00779. The topological polar surface area (TPSA) is 45.3 Å². The van der Waals surface area contributed by atoms with Crippen LogP contribution < -0.4 is 0 Å². The van der Waals surface area contributed by atoms with Crippen LogP contribution in [0.25, 0.3) is 0 Å². The number of carbonyl (C=O) groups excluding carboxylic acids is 1. The van der Waals surface area contributed by atoms with Crippen LogP contribution in [0.2, 0.25) is 5.02 Å². The molecule has 1 aliphatic rings. The third-order valence-electron chi connectivity index (χ3n) is 3.94. The van der Waals surface area contributed by atoms with Crippen molar-refractivity contribution < 1.29 is 9.53 Å². The Morgan fingerprint density at radius 1 is 1.27 bits per heavy atom. The van der Waals surface area contributed by atoms with Gasteiger partial charge in [0.2, 0.25) is 0 Å². The molecule has 0 unspecified atom stereocenters. The van der Waals surface area contributed by atoms with Gasteiger partial charge in [0.05, 0.1) is 17.7 Å². The first-order valence-electron chi connectivity index (χ1n) is 7.51. The lowest BCUT2D eigenvalue weighted by molar-refractivity contribution is -0.000493. The molecule has 1 N–H and O–H groups in total. The maximum Gasteiger partial charge on any atom is 0.270 e. The quantitative estimate of drug-likeness (QED) is 0.938. The van der Waals surface area contributed by atoms with Crippen molar-refractivity contribution in [3.8, 4) is 0 Å². The minimum atomic E-state index is 0.00779. The second-order valence-electron chi connectivity index (χ2n) is 5.52. The van der Waals surface area contributed by atoms with E-state index in [-0.39, 0.29) is 12.0 Å². The number of amides is 1. The highest BCUT2D eigenvalue weighted by atomic mass is 35.5. The molecule has 116 valence electrons. The van der Waals surface area contributed by atoms with E-state index in [1.165, 1.54) is 5.56 Å². The Bertz CT molecular complexity index is 619. The standard InChI is InChI=1S/C17H19ClN2O2/c18-14-10-16(19-11-14)17(21)20-8-6-15(7-9-20)22-12-13-4-2-1-3-5-13/h1-5,10-11,15,19H,6-9,12H2. The van der Waals surface area contributed by atoms with Crippen molar-refractivity contribution in [2.45, 2.75) is 25.6 Å². The Kier molecular flexibility index (Phi) is 4.80. The monoisotopic (exact) mass is 318 g/mol. The molecule has 2 aromatic rings. The second-order valence-corrected chi connectivity index (χ2v) is 5.96. The number of carbonyl (C=O) groups is 1. The van der Waals surface area contributed by atoms with E-state index in [0.29, 0.717) is 17.3 Å². The Morgan fingerprint density at radius 2 is 2.00 bits per heavy atom. The van der Waals surface area contributed by atoms with Crippen LogP contribution in [0.4, 0.5) is 0 Å². The van der Waals surface area contributed by atoms with Gasteiger partial charge < -0.3 is 14.6 Å². The normalized spacial score (nSPS) is 16.0. The number of nitrogens with one attached hydrogen (secondary N) is 1. The molecule has 3 rings (SSSR count). The van der Waals surface area contributed by atoms with Crippen molar-refractivity contribution in [1.29, 1.82) is 0 Å². The van der Waals surface area contributed by atoms with E-state index >= 15 is 0 Å². The second kappa shape index (κ2) is 6.99. The smallest absolute Gasteiger partial charge is 0.270 e. The van der Waals surface area contributed by atoms with Gasteiger partial charge in [-0.05, 0) is 24.5 Å². The summed E-state index contributed by atoms with van der Waals surface area (Å²) >= 11 is 5.84. The minimum absolute atomic E-state index is 0.00779. The van der Waals surface area contributed by atoms with E-state index in [2.05, 4.69) is 17.1 Å². The molecular weight excluding hydrogens is 300 g/mol. The number of likely N-dealkylation sites (tertiary alicyclic amines) is 1. The van der Waals surface area contributed by atoms with E-state index in [0.717, 1.165) is 25.9 Å². The SMILES string of the molecule is O=C(c1cc(Cl)c[nH]1)N1CCC(OCc2ccccc2)CC1. The fourth-order valence-corrected chi connectivity index (χ4v) is 2.84. The van der Waals surface area contributed by atoms with Crippen LogP contribution in [0, 0.1) is 0 Å². The van der Waals surface area contributed by atoms with E-state index in [4.69, 9.17) is 16.3 Å². The number of hydrogen-bond acceptors (Lipinski definition) is 2. The zero-order chi connectivity index (χ0) is 15.4. The van der Waals surface area contributed by atoms with Crippen molar-refractivity contribution in [2.24, 2.45) is 0 Å². The summed E-state index contributed by atoms with van der Waals surface area (Å²) in [7, 11) is 0. The number of piperidine rings is 1. The molecule has 0 saturated carbocycles. The van der Waals surface area contributed by atoms with Gasteiger partial charge in [0.1, 0.15) is 5.69 Å². The van der Waals surface area contributed by atoms with Crippen LogP contribution in [-0.2, 0) is 11.3 Å². The lowest BCUT2D eigenvalue weighted by Crippen LogP contribution is -2.41. The van der Waals surface area contributed by atoms with Gasteiger partial charge in [0, 0.05) is 19.3 Å². The number of benzene rings is 1. The highest BCUT2D eigenvalue weighted by molar-refractivity contribution is 6.30. The summed E-state index contributed by atoms with van der Waals surface area (Å²) in [6.45, 7) is 2.07. The number of rotatable bonds is 4. The average Bonchev–Trinajstić information content (AvgIpc) is 3.00. The van der Waals surface area contributed by atoms with Crippen molar-refractivity contribution >= 4 is 17.5 Å². The van der Waals surface area contributed by atoms with Gasteiger partial charge in [-0.25, -0.2) is 0 Å². The minimum Gasteiger partial charge on any atom is -0.373 e. The van der Waals surface area contributed by atoms with Gasteiger partial charge in [-0.15, -0.1) is 0 Å². The summed E-state index contributed by atoms with van der Waals surface area (Å²) in [5.41, 5.74) is 1.73. The zero-order valence-electron chi connectivity index (χ0n) is 12.3. The molecule has 1 aromatic heterocycles. The number of hydrogen-bond donors (Lipinski definition) is 1. The summed E-state index contributed by atoms with van der Waals surface area (Å²) in [6, 6.07) is 11.8. The number of aromatic nitrogens is 1. The number of ether oxygens (including phenoxy) is 1.